The van der Waals surface area contributed by atoms with Crippen LogP contribution >= 0.6 is 0 Å². The number of ether oxygens (including phenoxy) is 2. The summed E-state index contributed by atoms with van der Waals surface area (Å²) in [6.07, 6.45) is 6.92. The highest BCUT2D eigenvalue weighted by molar-refractivity contribution is 5.79. The van der Waals surface area contributed by atoms with Crippen molar-refractivity contribution in [2.24, 2.45) is 12.0 Å². The van der Waals surface area contributed by atoms with Gasteiger partial charge in [0.1, 0.15) is 0 Å². The molecule has 0 aliphatic heterocycles. The number of benzene rings is 1. The van der Waals surface area contributed by atoms with E-state index in [1.165, 1.54) is 11.1 Å². The first-order valence-corrected chi connectivity index (χ1v) is 9.17. The van der Waals surface area contributed by atoms with Crippen molar-refractivity contribution in [1.29, 1.82) is 0 Å². The van der Waals surface area contributed by atoms with Crippen LogP contribution in [-0.4, -0.2) is 62.0 Å². The van der Waals surface area contributed by atoms with Gasteiger partial charge in [0, 0.05) is 40.4 Å². The molecular formula is C20H31N5O2. The summed E-state index contributed by atoms with van der Waals surface area (Å²) in [6, 6.07) is 6.04. The average molecular weight is 374 g/mol. The number of likely N-dealkylation sites (N-methyl/N-ethyl adjacent to an activating group) is 1. The van der Waals surface area contributed by atoms with Crippen molar-refractivity contribution in [3.05, 3.63) is 41.7 Å². The van der Waals surface area contributed by atoms with Crippen molar-refractivity contribution < 1.29 is 9.47 Å². The number of aryl methyl sites for hydroxylation is 2. The number of aliphatic imine (C=N–C) groups is 1. The Morgan fingerprint density at radius 2 is 1.96 bits per heavy atom. The van der Waals surface area contributed by atoms with Crippen molar-refractivity contribution in [2.75, 3.05) is 41.4 Å². The van der Waals surface area contributed by atoms with Crippen LogP contribution in [0, 0.1) is 0 Å². The van der Waals surface area contributed by atoms with Gasteiger partial charge in [-0.25, -0.2) is 0 Å². The second kappa shape index (κ2) is 10.4. The lowest BCUT2D eigenvalue weighted by Gasteiger charge is -2.22. The highest BCUT2D eigenvalue weighted by Gasteiger charge is 2.08. The van der Waals surface area contributed by atoms with E-state index >= 15 is 0 Å². The first kappa shape index (κ1) is 20.6. The van der Waals surface area contributed by atoms with Gasteiger partial charge in [-0.2, -0.15) is 5.10 Å². The number of nitrogens with one attached hydrogen (secondary N) is 1. The normalized spacial score (nSPS) is 11.4. The van der Waals surface area contributed by atoms with Crippen LogP contribution in [0.25, 0.3) is 0 Å². The minimum atomic E-state index is 0.751. The number of hydrogen-bond acceptors (Lipinski definition) is 4. The SMILES string of the molecule is CN=C(NCCCc1cnn(C)c1)N(C)CCc1ccc(OC)c(OC)c1. The summed E-state index contributed by atoms with van der Waals surface area (Å²) < 4.78 is 12.5. The van der Waals surface area contributed by atoms with E-state index in [1.54, 1.807) is 14.2 Å². The van der Waals surface area contributed by atoms with Crippen LogP contribution < -0.4 is 14.8 Å². The monoisotopic (exact) mass is 373 g/mol. The van der Waals surface area contributed by atoms with E-state index in [4.69, 9.17) is 9.47 Å². The lowest BCUT2D eigenvalue weighted by molar-refractivity contribution is 0.354. The van der Waals surface area contributed by atoms with Gasteiger partial charge in [0.25, 0.3) is 0 Å². The number of hydrogen-bond donors (Lipinski definition) is 1. The Hall–Kier alpha value is -2.70. The summed E-state index contributed by atoms with van der Waals surface area (Å²) in [5.41, 5.74) is 2.46. The molecule has 1 heterocycles. The van der Waals surface area contributed by atoms with Crippen LogP contribution in [0.1, 0.15) is 17.5 Å². The van der Waals surface area contributed by atoms with Gasteiger partial charge in [-0.15, -0.1) is 0 Å². The molecule has 27 heavy (non-hydrogen) atoms. The fourth-order valence-corrected chi connectivity index (χ4v) is 2.92. The molecule has 0 fully saturated rings. The van der Waals surface area contributed by atoms with E-state index in [0.29, 0.717) is 0 Å². The highest BCUT2D eigenvalue weighted by atomic mass is 16.5. The van der Waals surface area contributed by atoms with Crippen LogP contribution in [0.2, 0.25) is 0 Å². The number of methoxy groups -OCH3 is 2. The minimum Gasteiger partial charge on any atom is -0.493 e. The maximum Gasteiger partial charge on any atom is 0.193 e. The molecule has 0 unspecified atom stereocenters. The van der Waals surface area contributed by atoms with E-state index in [0.717, 1.165) is 49.8 Å². The van der Waals surface area contributed by atoms with E-state index in [-0.39, 0.29) is 0 Å². The fraction of sp³-hybridized carbons (Fsp3) is 0.500. The Morgan fingerprint density at radius 3 is 2.59 bits per heavy atom. The first-order valence-electron chi connectivity index (χ1n) is 9.17. The lowest BCUT2D eigenvalue weighted by atomic mass is 10.1. The maximum absolute atomic E-state index is 5.38. The molecule has 148 valence electrons. The molecular weight excluding hydrogens is 342 g/mol. The maximum atomic E-state index is 5.38. The third kappa shape index (κ3) is 6.20. The molecule has 1 N–H and O–H groups in total. The average Bonchev–Trinajstić information content (AvgIpc) is 3.11. The van der Waals surface area contributed by atoms with Crippen molar-refractivity contribution in [3.63, 3.8) is 0 Å². The molecule has 0 saturated heterocycles. The summed E-state index contributed by atoms with van der Waals surface area (Å²) >= 11 is 0. The van der Waals surface area contributed by atoms with Gasteiger partial charge in [0.05, 0.1) is 20.4 Å². The molecule has 0 atom stereocenters. The Bertz CT molecular complexity index is 742. The zero-order valence-corrected chi connectivity index (χ0v) is 17.0. The smallest absolute Gasteiger partial charge is 0.193 e. The topological polar surface area (TPSA) is 63.9 Å². The van der Waals surface area contributed by atoms with Crippen LogP contribution in [-0.2, 0) is 19.9 Å². The summed E-state index contributed by atoms with van der Waals surface area (Å²) in [5.74, 6) is 2.41. The van der Waals surface area contributed by atoms with E-state index in [9.17, 15) is 0 Å². The summed E-state index contributed by atoms with van der Waals surface area (Å²) in [6.45, 7) is 1.74. The molecule has 1 aromatic carbocycles. The van der Waals surface area contributed by atoms with Gasteiger partial charge in [-0.1, -0.05) is 6.07 Å². The molecule has 2 aromatic rings. The summed E-state index contributed by atoms with van der Waals surface area (Å²) in [5, 5.41) is 7.63. The van der Waals surface area contributed by atoms with Crippen LogP contribution in [0.5, 0.6) is 11.5 Å². The minimum absolute atomic E-state index is 0.751. The van der Waals surface area contributed by atoms with Gasteiger partial charge in [0.15, 0.2) is 17.5 Å². The fourth-order valence-electron chi connectivity index (χ4n) is 2.92. The van der Waals surface area contributed by atoms with Crippen molar-refractivity contribution >= 4 is 5.96 Å². The lowest BCUT2D eigenvalue weighted by Crippen LogP contribution is -2.40. The third-order valence-corrected chi connectivity index (χ3v) is 4.44. The van der Waals surface area contributed by atoms with Gasteiger partial charge >= 0.3 is 0 Å². The van der Waals surface area contributed by atoms with Crippen LogP contribution in [0.3, 0.4) is 0 Å². The molecule has 7 heteroatoms. The Morgan fingerprint density at radius 1 is 1.19 bits per heavy atom. The standard InChI is InChI=1S/C20H31N5O2/c1-21-20(22-11-6-7-17-14-23-25(3)15-17)24(2)12-10-16-8-9-18(26-4)19(13-16)27-5/h8-9,13-15H,6-7,10-12H2,1-5H3,(H,21,22). The Balaban J connectivity index is 1.78. The molecule has 0 amide bonds. The largest absolute Gasteiger partial charge is 0.493 e. The van der Waals surface area contributed by atoms with Gasteiger partial charge in [-0.3, -0.25) is 9.67 Å². The molecule has 0 aliphatic carbocycles. The highest BCUT2D eigenvalue weighted by Crippen LogP contribution is 2.27. The zero-order chi connectivity index (χ0) is 19.6. The van der Waals surface area contributed by atoms with Gasteiger partial charge in [-0.05, 0) is 42.5 Å². The molecule has 0 spiro atoms. The van der Waals surface area contributed by atoms with Crippen molar-refractivity contribution in [1.82, 2.24) is 20.0 Å². The molecule has 0 saturated carbocycles. The predicted octanol–water partition coefficient (Wildman–Crippen LogP) is 2.12. The molecule has 7 nitrogen and oxygen atoms in total. The quantitative estimate of drug-likeness (QED) is 0.414. The Kier molecular flexibility index (Phi) is 7.98. The van der Waals surface area contributed by atoms with E-state index in [2.05, 4.69) is 39.6 Å². The number of rotatable bonds is 9. The molecule has 1 aromatic heterocycles. The second-order valence-corrected chi connectivity index (χ2v) is 6.46. The van der Waals surface area contributed by atoms with Gasteiger partial charge in [0.2, 0.25) is 0 Å². The first-order chi connectivity index (χ1) is 13.1. The van der Waals surface area contributed by atoms with E-state index in [1.807, 2.05) is 37.1 Å². The number of guanidine groups is 1. The van der Waals surface area contributed by atoms with E-state index < -0.39 is 0 Å². The molecule has 2 rings (SSSR count). The van der Waals surface area contributed by atoms with Crippen LogP contribution in [0.4, 0.5) is 0 Å². The molecule has 0 bridgehead atoms. The van der Waals surface area contributed by atoms with Crippen LogP contribution in [0.15, 0.2) is 35.6 Å². The second-order valence-electron chi connectivity index (χ2n) is 6.46. The summed E-state index contributed by atoms with van der Waals surface area (Å²) in [7, 11) is 9.12. The Labute approximate surface area is 162 Å². The third-order valence-electron chi connectivity index (χ3n) is 4.44. The number of nitrogens with zero attached hydrogens (tertiary/aromatic N) is 4. The van der Waals surface area contributed by atoms with Crippen molar-refractivity contribution in [2.45, 2.75) is 19.3 Å². The molecule has 0 radical (unpaired) electrons. The van der Waals surface area contributed by atoms with Crippen molar-refractivity contribution in [3.8, 4) is 11.5 Å². The summed E-state index contributed by atoms with van der Waals surface area (Å²) in [4.78, 5) is 6.52. The molecule has 0 aliphatic rings. The predicted molar refractivity (Wildman–Crippen MR) is 109 cm³/mol. The van der Waals surface area contributed by atoms with Gasteiger partial charge < -0.3 is 19.7 Å². The number of aromatic nitrogens is 2. The zero-order valence-electron chi connectivity index (χ0n) is 17.0.